The lowest BCUT2D eigenvalue weighted by atomic mass is 9.99. The summed E-state index contributed by atoms with van der Waals surface area (Å²) in [7, 11) is 0. The van der Waals surface area contributed by atoms with Crippen molar-refractivity contribution in [2.24, 2.45) is 5.73 Å². The van der Waals surface area contributed by atoms with Gasteiger partial charge in [-0.2, -0.15) is 0 Å². The van der Waals surface area contributed by atoms with Crippen molar-refractivity contribution in [1.82, 2.24) is 14.8 Å². The molecule has 19 heavy (non-hydrogen) atoms. The maximum absolute atomic E-state index is 5.60. The van der Waals surface area contributed by atoms with Crippen LogP contribution in [0.2, 0.25) is 0 Å². The third kappa shape index (κ3) is 3.14. The van der Waals surface area contributed by atoms with Crippen molar-refractivity contribution in [2.75, 3.05) is 26.2 Å². The number of fused-ring (bicyclic) bond motifs is 1. The standard InChI is InChI=1S/C15H24N4/c16-9-13-4-5-14(17-10-13)11-18-7-8-19-6-2-1-3-15(19)12-18/h4-5,10,15H,1-3,6-9,11-12,16H2. The highest BCUT2D eigenvalue weighted by Crippen LogP contribution is 2.21. The Morgan fingerprint density at radius 3 is 2.95 bits per heavy atom. The highest BCUT2D eigenvalue weighted by molar-refractivity contribution is 5.13. The number of rotatable bonds is 3. The Morgan fingerprint density at radius 1 is 1.21 bits per heavy atom. The Labute approximate surface area is 115 Å². The van der Waals surface area contributed by atoms with Crippen LogP contribution in [0.1, 0.15) is 30.5 Å². The van der Waals surface area contributed by atoms with E-state index < -0.39 is 0 Å². The summed E-state index contributed by atoms with van der Waals surface area (Å²) in [5.41, 5.74) is 7.88. The van der Waals surface area contributed by atoms with Gasteiger partial charge >= 0.3 is 0 Å². The van der Waals surface area contributed by atoms with Crippen molar-refractivity contribution < 1.29 is 0 Å². The van der Waals surface area contributed by atoms with Crippen molar-refractivity contribution >= 4 is 0 Å². The van der Waals surface area contributed by atoms with E-state index in [1.807, 2.05) is 6.20 Å². The van der Waals surface area contributed by atoms with Gasteiger partial charge in [0, 0.05) is 45.0 Å². The molecule has 2 N–H and O–H groups in total. The Hall–Kier alpha value is -0.970. The van der Waals surface area contributed by atoms with Gasteiger partial charge in [0.25, 0.3) is 0 Å². The molecule has 0 aliphatic carbocycles. The molecule has 3 rings (SSSR count). The fourth-order valence-corrected chi connectivity index (χ4v) is 3.26. The second-order valence-corrected chi connectivity index (χ2v) is 5.78. The number of hydrogen-bond donors (Lipinski definition) is 1. The summed E-state index contributed by atoms with van der Waals surface area (Å²) in [4.78, 5) is 9.74. The zero-order chi connectivity index (χ0) is 13.1. The molecule has 0 spiro atoms. The molecule has 4 nitrogen and oxygen atoms in total. The van der Waals surface area contributed by atoms with E-state index in [-0.39, 0.29) is 0 Å². The summed E-state index contributed by atoms with van der Waals surface area (Å²) in [5, 5.41) is 0. The molecule has 1 aromatic rings. The van der Waals surface area contributed by atoms with Crippen LogP contribution in [-0.4, -0.2) is 47.0 Å². The second-order valence-electron chi connectivity index (χ2n) is 5.78. The van der Waals surface area contributed by atoms with Gasteiger partial charge in [0.15, 0.2) is 0 Å². The minimum Gasteiger partial charge on any atom is -0.326 e. The van der Waals surface area contributed by atoms with E-state index in [2.05, 4.69) is 26.9 Å². The average molecular weight is 260 g/mol. The third-order valence-corrected chi connectivity index (χ3v) is 4.43. The summed E-state index contributed by atoms with van der Waals surface area (Å²) in [6.45, 7) is 6.48. The van der Waals surface area contributed by atoms with Crippen LogP contribution in [-0.2, 0) is 13.1 Å². The molecule has 3 heterocycles. The first-order chi connectivity index (χ1) is 9.35. The van der Waals surface area contributed by atoms with E-state index in [1.54, 1.807) is 0 Å². The minimum atomic E-state index is 0.577. The fourth-order valence-electron chi connectivity index (χ4n) is 3.26. The Bertz CT molecular complexity index is 403. The SMILES string of the molecule is NCc1ccc(CN2CCN3CCCCC3C2)nc1. The summed E-state index contributed by atoms with van der Waals surface area (Å²) in [6, 6.07) is 5.00. The molecule has 0 radical (unpaired) electrons. The Morgan fingerprint density at radius 2 is 2.16 bits per heavy atom. The number of nitrogens with zero attached hydrogens (tertiary/aromatic N) is 3. The van der Waals surface area contributed by atoms with Crippen molar-refractivity contribution in [3.63, 3.8) is 0 Å². The molecule has 1 atom stereocenters. The number of piperidine rings is 1. The third-order valence-electron chi connectivity index (χ3n) is 4.43. The summed E-state index contributed by atoms with van der Waals surface area (Å²) >= 11 is 0. The van der Waals surface area contributed by atoms with Crippen molar-refractivity contribution in [3.05, 3.63) is 29.6 Å². The lowest BCUT2D eigenvalue weighted by Gasteiger charge is -2.44. The van der Waals surface area contributed by atoms with E-state index in [1.165, 1.54) is 51.1 Å². The molecular formula is C15H24N4. The van der Waals surface area contributed by atoms with Gasteiger partial charge in [-0.15, -0.1) is 0 Å². The van der Waals surface area contributed by atoms with Gasteiger partial charge in [-0.05, 0) is 31.0 Å². The van der Waals surface area contributed by atoms with E-state index in [0.29, 0.717) is 6.54 Å². The average Bonchev–Trinajstić information content (AvgIpc) is 2.48. The summed E-state index contributed by atoms with van der Waals surface area (Å²) in [5.74, 6) is 0. The fraction of sp³-hybridized carbons (Fsp3) is 0.667. The molecule has 2 saturated heterocycles. The van der Waals surface area contributed by atoms with Crippen LogP contribution in [0.4, 0.5) is 0 Å². The molecule has 0 amide bonds. The van der Waals surface area contributed by atoms with Crippen LogP contribution < -0.4 is 5.73 Å². The molecule has 104 valence electrons. The maximum atomic E-state index is 5.60. The zero-order valence-electron chi connectivity index (χ0n) is 11.6. The first-order valence-electron chi connectivity index (χ1n) is 7.45. The van der Waals surface area contributed by atoms with Gasteiger partial charge in [-0.1, -0.05) is 12.5 Å². The highest BCUT2D eigenvalue weighted by Gasteiger charge is 2.28. The molecule has 2 fully saturated rings. The molecule has 1 aromatic heterocycles. The van der Waals surface area contributed by atoms with Crippen molar-refractivity contribution in [2.45, 2.75) is 38.4 Å². The smallest absolute Gasteiger partial charge is 0.0544 e. The first kappa shape index (κ1) is 13.0. The molecule has 2 aliphatic heterocycles. The maximum Gasteiger partial charge on any atom is 0.0544 e. The van der Waals surface area contributed by atoms with E-state index in [4.69, 9.17) is 5.73 Å². The number of pyridine rings is 1. The highest BCUT2D eigenvalue weighted by atomic mass is 15.3. The molecular weight excluding hydrogens is 236 g/mol. The number of piperazine rings is 1. The molecule has 0 bridgehead atoms. The van der Waals surface area contributed by atoms with Crippen molar-refractivity contribution in [3.8, 4) is 0 Å². The first-order valence-corrected chi connectivity index (χ1v) is 7.45. The largest absolute Gasteiger partial charge is 0.326 e. The van der Waals surface area contributed by atoms with Crippen LogP contribution in [0.5, 0.6) is 0 Å². The van der Waals surface area contributed by atoms with Crippen LogP contribution in [0.25, 0.3) is 0 Å². The van der Waals surface area contributed by atoms with Gasteiger partial charge < -0.3 is 5.73 Å². The number of hydrogen-bond acceptors (Lipinski definition) is 4. The zero-order valence-corrected chi connectivity index (χ0v) is 11.6. The molecule has 0 saturated carbocycles. The van der Waals surface area contributed by atoms with Crippen LogP contribution in [0, 0.1) is 0 Å². The monoisotopic (exact) mass is 260 g/mol. The van der Waals surface area contributed by atoms with E-state index in [0.717, 1.165) is 18.2 Å². The number of aromatic nitrogens is 1. The second kappa shape index (κ2) is 5.99. The van der Waals surface area contributed by atoms with Gasteiger partial charge in [0.05, 0.1) is 5.69 Å². The minimum absolute atomic E-state index is 0.577. The van der Waals surface area contributed by atoms with Gasteiger partial charge in [0.2, 0.25) is 0 Å². The number of nitrogens with two attached hydrogens (primary N) is 1. The van der Waals surface area contributed by atoms with E-state index in [9.17, 15) is 0 Å². The Kier molecular flexibility index (Phi) is 4.11. The topological polar surface area (TPSA) is 45.4 Å². The van der Waals surface area contributed by atoms with Crippen LogP contribution in [0.15, 0.2) is 18.3 Å². The quantitative estimate of drug-likeness (QED) is 0.887. The molecule has 0 aromatic carbocycles. The Balaban J connectivity index is 1.57. The lowest BCUT2D eigenvalue weighted by Crippen LogP contribution is -2.54. The van der Waals surface area contributed by atoms with Crippen LogP contribution in [0.3, 0.4) is 0 Å². The molecule has 4 heteroatoms. The van der Waals surface area contributed by atoms with Gasteiger partial charge in [-0.3, -0.25) is 14.8 Å². The lowest BCUT2D eigenvalue weighted by molar-refractivity contribution is 0.0451. The summed E-state index contributed by atoms with van der Waals surface area (Å²) in [6.07, 6.45) is 6.07. The summed E-state index contributed by atoms with van der Waals surface area (Å²) < 4.78 is 0. The van der Waals surface area contributed by atoms with Crippen LogP contribution >= 0.6 is 0 Å². The molecule has 2 aliphatic rings. The predicted molar refractivity (Wildman–Crippen MR) is 76.6 cm³/mol. The van der Waals surface area contributed by atoms with Crippen molar-refractivity contribution in [1.29, 1.82) is 0 Å². The van der Waals surface area contributed by atoms with Gasteiger partial charge in [-0.25, -0.2) is 0 Å². The van der Waals surface area contributed by atoms with E-state index >= 15 is 0 Å². The molecule has 1 unspecified atom stereocenters. The normalized spacial score (nSPS) is 25.2. The van der Waals surface area contributed by atoms with Gasteiger partial charge in [0.1, 0.15) is 0 Å². The predicted octanol–water partition coefficient (Wildman–Crippen LogP) is 1.21.